The second-order valence-corrected chi connectivity index (χ2v) is 6.17. The summed E-state index contributed by atoms with van der Waals surface area (Å²) in [7, 11) is 0. The molecule has 126 valence electrons. The molecule has 23 heavy (non-hydrogen) atoms. The van der Waals surface area contributed by atoms with Crippen LogP contribution in [0.4, 0.5) is 5.69 Å². The Labute approximate surface area is 137 Å². The minimum atomic E-state index is -0.525. The molecular weight excluding hydrogens is 294 g/mol. The van der Waals surface area contributed by atoms with Crippen molar-refractivity contribution in [3.8, 4) is 5.75 Å². The van der Waals surface area contributed by atoms with E-state index in [1.165, 1.54) is 0 Å². The average Bonchev–Trinajstić information content (AvgIpc) is 2.59. The van der Waals surface area contributed by atoms with Gasteiger partial charge >= 0.3 is 0 Å². The number of fused-ring (bicyclic) bond motifs is 1. The Morgan fingerprint density at radius 2 is 2.00 bits per heavy atom. The van der Waals surface area contributed by atoms with Crippen molar-refractivity contribution in [2.24, 2.45) is 0 Å². The second-order valence-electron chi connectivity index (χ2n) is 6.17. The van der Waals surface area contributed by atoms with Gasteiger partial charge in [-0.3, -0.25) is 4.79 Å². The highest BCUT2D eigenvalue weighted by molar-refractivity contribution is 5.95. The minimum Gasteiger partial charge on any atom is -0.482 e. The number of aliphatic hydroxyl groups is 1. The van der Waals surface area contributed by atoms with Crippen molar-refractivity contribution in [2.75, 3.05) is 51.2 Å². The first-order valence-electron chi connectivity index (χ1n) is 8.35. The van der Waals surface area contributed by atoms with Gasteiger partial charge in [-0.15, -0.1) is 0 Å². The molecule has 3 rings (SSSR count). The van der Waals surface area contributed by atoms with Crippen LogP contribution >= 0.6 is 0 Å². The summed E-state index contributed by atoms with van der Waals surface area (Å²) in [5, 5.41) is 13.2. The molecule has 1 amide bonds. The second kappa shape index (κ2) is 7.29. The predicted octanol–water partition coefficient (Wildman–Crippen LogP) is 1.08. The van der Waals surface area contributed by atoms with E-state index in [2.05, 4.69) is 22.0 Å². The number of piperazine rings is 1. The average molecular weight is 319 g/mol. The molecule has 0 bridgehead atoms. The third kappa shape index (κ3) is 4.02. The lowest BCUT2D eigenvalue weighted by Crippen LogP contribution is -2.46. The lowest BCUT2D eigenvalue weighted by molar-refractivity contribution is -0.118. The number of likely N-dealkylation sites (N-methyl/N-ethyl adjacent to an activating group) is 1. The first-order chi connectivity index (χ1) is 11.2. The van der Waals surface area contributed by atoms with Crippen molar-refractivity contribution >= 4 is 11.6 Å². The fourth-order valence-corrected chi connectivity index (χ4v) is 3.11. The van der Waals surface area contributed by atoms with Crippen molar-refractivity contribution in [3.63, 3.8) is 0 Å². The van der Waals surface area contributed by atoms with Crippen molar-refractivity contribution in [3.05, 3.63) is 23.8 Å². The summed E-state index contributed by atoms with van der Waals surface area (Å²) >= 11 is 0. The molecule has 0 aliphatic carbocycles. The monoisotopic (exact) mass is 319 g/mol. The Bertz CT molecular complexity index is 556. The molecule has 0 spiro atoms. The number of amides is 1. The number of nitrogens with one attached hydrogen (secondary N) is 1. The smallest absolute Gasteiger partial charge is 0.262 e. The van der Waals surface area contributed by atoms with Crippen molar-refractivity contribution in [1.29, 1.82) is 0 Å². The molecule has 0 radical (unpaired) electrons. The first kappa shape index (κ1) is 16.2. The zero-order chi connectivity index (χ0) is 16.2. The number of rotatable bonds is 5. The molecule has 2 aliphatic heterocycles. The van der Waals surface area contributed by atoms with Crippen molar-refractivity contribution in [2.45, 2.75) is 19.4 Å². The van der Waals surface area contributed by atoms with Gasteiger partial charge < -0.3 is 25.0 Å². The summed E-state index contributed by atoms with van der Waals surface area (Å²) in [6.45, 7) is 8.58. The number of carbonyl (C=O) groups excluding carboxylic acids is 1. The maximum atomic E-state index is 11.4. The van der Waals surface area contributed by atoms with E-state index in [1.807, 2.05) is 18.2 Å². The Balaban J connectivity index is 1.53. The van der Waals surface area contributed by atoms with Gasteiger partial charge in [0.15, 0.2) is 6.61 Å². The molecule has 1 fully saturated rings. The SMILES string of the molecule is CCN1CCN(CCC(O)c2ccc3c(c2)NC(=O)CO3)CC1. The van der Waals surface area contributed by atoms with Crippen LogP contribution in [0.25, 0.3) is 0 Å². The van der Waals surface area contributed by atoms with E-state index < -0.39 is 6.10 Å². The molecule has 1 atom stereocenters. The number of carbonyl (C=O) groups is 1. The van der Waals surface area contributed by atoms with E-state index in [0.717, 1.165) is 44.8 Å². The number of aliphatic hydroxyl groups excluding tert-OH is 1. The molecule has 0 saturated carbocycles. The molecule has 2 aliphatic rings. The number of nitrogens with zero attached hydrogens (tertiary/aromatic N) is 2. The van der Waals surface area contributed by atoms with Gasteiger partial charge in [-0.05, 0) is 30.7 Å². The highest BCUT2D eigenvalue weighted by atomic mass is 16.5. The highest BCUT2D eigenvalue weighted by Gasteiger charge is 2.20. The largest absolute Gasteiger partial charge is 0.482 e. The summed E-state index contributed by atoms with van der Waals surface area (Å²) in [5.41, 5.74) is 1.47. The van der Waals surface area contributed by atoms with Crippen LogP contribution in [-0.4, -0.2) is 66.7 Å². The molecular formula is C17H25N3O3. The predicted molar refractivity (Wildman–Crippen MR) is 88.7 cm³/mol. The maximum absolute atomic E-state index is 11.4. The van der Waals surface area contributed by atoms with Gasteiger partial charge in [-0.1, -0.05) is 13.0 Å². The lowest BCUT2D eigenvalue weighted by atomic mass is 10.0. The lowest BCUT2D eigenvalue weighted by Gasteiger charge is -2.34. The molecule has 1 unspecified atom stereocenters. The quantitative estimate of drug-likeness (QED) is 0.850. The Morgan fingerprint density at radius 1 is 1.26 bits per heavy atom. The Morgan fingerprint density at radius 3 is 2.74 bits per heavy atom. The van der Waals surface area contributed by atoms with Crippen LogP contribution in [0.1, 0.15) is 25.0 Å². The van der Waals surface area contributed by atoms with Crippen LogP contribution in [0.2, 0.25) is 0 Å². The molecule has 1 aromatic rings. The van der Waals surface area contributed by atoms with Crippen LogP contribution in [0, 0.1) is 0 Å². The van der Waals surface area contributed by atoms with Crippen LogP contribution in [0.15, 0.2) is 18.2 Å². The third-order valence-electron chi connectivity index (χ3n) is 4.65. The normalized spacial score (nSPS) is 20.5. The number of anilines is 1. The molecule has 2 N–H and O–H groups in total. The summed E-state index contributed by atoms with van der Waals surface area (Å²) < 4.78 is 5.34. The highest BCUT2D eigenvalue weighted by Crippen LogP contribution is 2.31. The maximum Gasteiger partial charge on any atom is 0.262 e. The standard InChI is InChI=1S/C17H25N3O3/c1-2-19-7-9-20(10-8-19)6-5-15(21)13-3-4-16-14(11-13)18-17(22)12-23-16/h3-4,11,15,21H,2,5-10,12H2,1H3,(H,18,22). The fraction of sp³-hybridized carbons (Fsp3) is 0.588. The zero-order valence-corrected chi connectivity index (χ0v) is 13.6. The number of benzene rings is 1. The first-order valence-corrected chi connectivity index (χ1v) is 8.35. The summed E-state index contributed by atoms with van der Waals surface area (Å²) in [6, 6.07) is 5.50. The van der Waals surface area contributed by atoms with Gasteiger partial charge in [0.25, 0.3) is 5.91 Å². The van der Waals surface area contributed by atoms with E-state index in [-0.39, 0.29) is 12.5 Å². The van der Waals surface area contributed by atoms with Crippen molar-refractivity contribution in [1.82, 2.24) is 9.80 Å². The molecule has 6 heteroatoms. The van der Waals surface area contributed by atoms with Crippen LogP contribution < -0.4 is 10.1 Å². The van der Waals surface area contributed by atoms with Gasteiger partial charge in [0, 0.05) is 32.7 Å². The summed E-state index contributed by atoms with van der Waals surface area (Å²) in [4.78, 5) is 16.2. The topological polar surface area (TPSA) is 65.0 Å². The van der Waals surface area contributed by atoms with Gasteiger partial charge in [0.2, 0.25) is 0 Å². The molecule has 0 aromatic heterocycles. The Kier molecular flexibility index (Phi) is 5.15. The van der Waals surface area contributed by atoms with E-state index >= 15 is 0 Å². The van der Waals surface area contributed by atoms with Crippen molar-refractivity contribution < 1.29 is 14.6 Å². The third-order valence-corrected chi connectivity index (χ3v) is 4.65. The number of hydrogen-bond acceptors (Lipinski definition) is 5. The summed E-state index contributed by atoms with van der Waals surface area (Å²) in [6.07, 6.45) is 0.169. The molecule has 6 nitrogen and oxygen atoms in total. The van der Waals surface area contributed by atoms with Gasteiger partial charge in [0.1, 0.15) is 5.75 Å². The van der Waals surface area contributed by atoms with Gasteiger partial charge in [-0.2, -0.15) is 0 Å². The zero-order valence-electron chi connectivity index (χ0n) is 13.6. The molecule has 1 aromatic carbocycles. The Hall–Kier alpha value is -1.63. The fourth-order valence-electron chi connectivity index (χ4n) is 3.11. The minimum absolute atomic E-state index is 0.0542. The molecule has 2 heterocycles. The molecule has 1 saturated heterocycles. The number of hydrogen-bond donors (Lipinski definition) is 2. The summed E-state index contributed by atoms with van der Waals surface area (Å²) in [5.74, 6) is 0.508. The van der Waals surface area contributed by atoms with Gasteiger partial charge in [-0.25, -0.2) is 0 Å². The van der Waals surface area contributed by atoms with Crippen LogP contribution in [0.3, 0.4) is 0 Å². The number of ether oxygens (including phenoxy) is 1. The van der Waals surface area contributed by atoms with Crippen LogP contribution in [-0.2, 0) is 4.79 Å². The van der Waals surface area contributed by atoms with E-state index in [0.29, 0.717) is 17.9 Å². The van der Waals surface area contributed by atoms with E-state index in [9.17, 15) is 9.90 Å². The van der Waals surface area contributed by atoms with E-state index in [4.69, 9.17) is 4.74 Å². The van der Waals surface area contributed by atoms with Gasteiger partial charge in [0.05, 0.1) is 11.8 Å². The van der Waals surface area contributed by atoms with E-state index in [1.54, 1.807) is 0 Å². The van der Waals surface area contributed by atoms with Crippen LogP contribution in [0.5, 0.6) is 5.75 Å².